The lowest BCUT2D eigenvalue weighted by atomic mass is 10.1. The second-order valence-corrected chi connectivity index (χ2v) is 4.46. The Balaban J connectivity index is 2.89. The van der Waals surface area contributed by atoms with Gasteiger partial charge < -0.3 is 10.5 Å². The molecule has 0 spiro atoms. The van der Waals surface area contributed by atoms with Gasteiger partial charge in [-0.05, 0) is 50.3 Å². The van der Waals surface area contributed by atoms with Crippen molar-refractivity contribution in [1.29, 1.82) is 0 Å². The van der Waals surface area contributed by atoms with Gasteiger partial charge in [0.25, 0.3) is 0 Å². The predicted octanol–water partition coefficient (Wildman–Crippen LogP) is 2.87. The van der Waals surface area contributed by atoms with Gasteiger partial charge in [0.05, 0.1) is 12.2 Å². The number of nitrogens with two attached hydrogens (primary N) is 1. The zero-order chi connectivity index (χ0) is 15.1. The van der Waals surface area contributed by atoms with Crippen LogP contribution in [0.5, 0.6) is 0 Å². The lowest BCUT2D eigenvalue weighted by molar-refractivity contribution is -0.138. The molecule has 20 heavy (non-hydrogen) atoms. The van der Waals surface area contributed by atoms with Crippen molar-refractivity contribution in [1.82, 2.24) is 0 Å². The Morgan fingerprint density at radius 1 is 1.25 bits per heavy atom. The molecule has 0 amide bonds. The molecule has 0 aromatic heterocycles. The molecule has 5 heteroatoms. The molecule has 4 nitrogen and oxygen atoms in total. The van der Waals surface area contributed by atoms with Gasteiger partial charge in [-0.1, -0.05) is 11.6 Å². The minimum atomic E-state index is -0.548. The number of halogens is 1. The third-order valence-corrected chi connectivity index (χ3v) is 2.70. The number of carbonyl (C=O) groups is 2. The molecule has 106 valence electrons. The van der Waals surface area contributed by atoms with Gasteiger partial charge in [-0.3, -0.25) is 4.79 Å². The Bertz CT molecular complexity index is 555. The van der Waals surface area contributed by atoms with Crippen LogP contribution in [0.15, 0.2) is 47.7 Å². The summed E-state index contributed by atoms with van der Waals surface area (Å²) in [5.41, 5.74) is 6.56. The molecule has 0 aliphatic carbocycles. The summed E-state index contributed by atoms with van der Waals surface area (Å²) < 4.78 is 4.86. The molecule has 0 heterocycles. The van der Waals surface area contributed by atoms with Gasteiger partial charge in [0.2, 0.25) is 0 Å². The maximum absolute atomic E-state index is 11.9. The van der Waals surface area contributed by atoms with E-state index in [4.69, 9.17) is 22.1 Å². The number of benzene rings is 1. The number of carbonyl (C=O) groups excluding carboxylic acids is 2. The number of ketones is 1. The van der Waals surface area contributed by atoms with Gasteiger partial charge >= 0.3 is 5.97 Å². The highest BCUT2D eigenvalue weighted by Gasteiger charge is 2.10. The normalized spacial score (nSPS) is 12.2. The van der Waals surface area contributed by atoms with Gasteiger partial charge in [-0.25, -0.2) is 4.79 Å². The fourth-order valence-electron chi connectivity index (χ4n) is 1.44. The lowest BCUT2D eigenvalue weighted by Gasteiger charge is -2.04. The highest BCUT2D eigenvalue weighted by atomic mass is 35.5. The van der Waals surface area contributed by atoms with E-state index in [1.807, 2.05) is 0 Å². The minimum absolute atomic E-state index is 0.175. The predicted molar refractivity (Wildman–Crippen MR) is 78.4 cm³/mol. The number of hydrogen-bond donors (Lipinski definition) is 1. The third kappa shape index (κ3) is 4.55. The van der Waals surface area contributed by atoms with Crippen molar-refractivity contribution in [3.8, 4) is 0 Å². The first-order chi connectivity index (χ1) is 9.45. The van der Waals surface area contributed by atoms with Gasteiger partial charge in [-0.15, -0.1) is 0 Å². The Morgan fingerprint density at radius 2 is 1.85 bits per heavy atom. The first-order valence-electron chi connectivity index (χ1n) is 6.07. The van der Waals surface area contributed by atoms with Crippen LogP contribution in [-0.2, 0) is 9.53 Å². The average molecular weight is 294 g/mol. The summed E-state index contributed by atoms with van der Waals surface area (Å²) in [7, 11) is 0. The van der Waals surface area contributed by atoms with Crippen molar-refractivity contribution in [2.24, 2.45) is 5.73 Å². The van der Waals surface area contributed by atoms with Crippen LogP contribution in [0.2, 0.25) is 5.02 Å². The van der Waals surface area contributed by atoms with E-state index in [0.717, 1.165) is 0 Å². The molecule has 1 rings (SSSR count). The third-order valence-electron chi connectivity index (χ3n) is 2.45. The molecule has 0 fully saturated rings. The van der Waals surface area contributed by atoms with Crippen LogP contribution in [0, 0.1) is 0 Å². The van der Waals surface area contributed by atoms with E-state index in [2.05, 4.69) is 0 Å². The van der Waals surface area contributed by atoms with Crippen molar-refractivity contribution < 1.29 is 14.3 Å². The number of esters is 1. The second kappa shape index (κ2) is 7.50. The van der Waals surface area contributed by atoms with Crippen molar-refractivity contribution in [2.45, 2.75) is 13.8 Å². The van der Waals surface area contributed by atoms with Gasteiger partial charge in [-0.2, -0.15) is 0 Å². The van der Waals surface area contributed by atoms with E-state index in [1.165, 1.54) is 12.2 Å². The van der Waals surface area contributed by atoms with Crippen LogP contribution in [0.25, 0.3) is 0 Å². The Labute approximate surface area is 122 Å². The Hall–Kier alpha value is -2.07. The molecular weight excluding hydrogens is 278 g/mol. The zero-order valence-corrected chi connectivity index (χ0v) is 12.1. The number of rotatable bonds is 5. The summed E-state index contributed by atoms with van der Waals surface area (Å²) >= 11 is 5.75. The molecule has 0 bridgehead atoms. The summed E-state index contributed by atoms with van der Waals surface area (Å²) in [5, 5.41) is 0.551. The van der Waals surface area contributed by atoms with E-state index < -0.39 is 5.97 Å². The molecule has 0 saturated carbocycles. The van der Waals surface area contributed by atoms with Gasteiger partial charge in [0.1, 0.15) is 0 Å². The SMILES string of the molecule is CCOC(=O)C(/C=C/C(=O)c1ccc(Cl)cc1)=C(\C)N. The largest absolute Gasteiger partial charge is 0.462 e. The van der Waals surface area contributed by atoms with Crippen LogP contribution < -0.4 is 5.73 Å². The molecule has 0 saturated heterocycles. The molecule has 0 aliphatic heterocycles. The summed E-state index contributed by atoms with van der Waals surface area (Å²) in [6.45, 7) is 3.52. The highest BCUT2D eigenvalue weighted by Crippen LogP contribution is 2.11. The van der Waals surface area contributed by atoms with E-state index in [-0.39, 0.29) is 18.0 Å². The molecule has 0 unspecified atom stereocenters. The fraction of sp³-hybridized carbons (Fsp3) is 0.200. The van der Waals surface area contributed by atoms with Crippen LogP contribution in [-0.4, -0.2) is 18.4 Å². The maximum Gasteiger partial charge on any atom is 0.339 e. The molecule has 1 aromatic carbocycles. The summed E-state index contributed by atoms with van der Waals surface area (Å²) in [5.74, 6) is -0.794. The van der Waals surface area contributed by atoms with Crippen molar-refractivity contribution in [3.05, 3.63) is 58.3 Å². The van der Waals surface area contributed by atoms with E-state index >= 15 is 0 Å². The molecular formula is C15H16ClNO3. The number of ether oxygens (including phenoxy) is 1. The van der Waals surface area contributed by atoms with Gasteiger partial charge in [0, 0.05) is 16.3 Å². The fourth-order valence-corrected chi connectivity index (χ4v) is 1.56. The van der Waals surface area contributed by atoms with Crippen molar-refractivity contribution in [3.63, 3.8) is 0 Å². The lowest BCUT2D eigenvalue weighted by Crippen LogP contribution is -2.11. The molecule has 0 radical (unpaired) electrons. The summed E-state index contributed by atoms with van der Waals surface area (Å²) in [6, 6.07) is 6.47. The van der Waals surface area contributed by atoms with E-state index in [0.29, 0.717) is 16.3 Å². The Morgan fingerprint density at radius 3 is 2.35 bits per heavy atom. The minimum Gasteiger partial charge on any atom is -0.462 e. The average Bonchev–Trinajstić information content (AvgIpc) is 2.39. The van der Waals surface area contributed by atoms with E-state index in [9.17, 15) is 9.59 Å². The van der Waals surface area contributed by atoms with Crippen LogP contribution in [0.1, 0.15) is 24.2 Å². The highest BCUT2D eigenvalue weighted by molar-refractivity contribution is 6.30. The molecule has 0 atom stereocenters. The number of allylic oxidation sites excluding steroid dienone is 2. The number of hydrogen-bond acceptors (Lipinski definition) is 4. The first-order valence-corrected chi connectivity index (χ1v) is 6.45. The van der Waals surface area contributed by atoms with Crippen molar-refractivity contribution in [2.75, 3.05) is 6.61 Å². The molecule has 1 aromatic rings. The smallest absolute Gasteiger partial charge is 0.339 e. The van der Waals surface area contributed by atoms with Crippen LogP contribution in [0.4, 0.5) is 0 Å². The monoisotopic (exact) mass is 293 g/mol. The van der Waals surface area contributed by atoms with Crippen LogP contribution >= 0.6 is 11.6 Å². The molecule has 2 N–H and O–H groups in total. The standard InChI is InChI=1S/C15H16ClNO3/c1-3-20-15(19)13(10(2)17)8-9-14(18)11-4-6-12(16)7-5-11/h4-9H,3,17H2,1-2H3/b9-8+,13-10+. The van der Waals surface area contributed by atoms with E-state index in [1.54, 1.807) is 38.1 Å². The topological polar surface area (TPSA) is 69.4 Å². The zero-order valence-electron chi connectivity index (χ0n) is 11.4. The first kappa shape index (κ1) is 16.0. The molecule has 0 aliphatic rings. The Kier molecular flexibility index (Phi) is 6.00. The van der Waals surface area contributed by atoms with Crippen molar-refractivity contribution >= 4 is 23.4 Å². The maximum atomic E-state index is 11.9. The summed E-state index contributed by atoms with van der Waals surface area (Å²) in [4.78, 5) is 23.6. The van der Waals surface area contributed by atoms with Gasteiger partial charge in [0.15, 0.2) is 5.78 Å². The quantitative estimate of drug-likeness (QED) is 0.392. The summed E-state index contributed by atoms with van der Waals surface area (Å²) in [6.07, 6.45) is 2.65. The second-order valence-electron chi connectivity index (χ2n) is 4.02. The van der Waals surface area contributed by atoms with Crippen LogP contribution in [0.3, 0.4) is 0 Å².